The van der Waals surface area contributed by atoms with Gasteiger partial charge in [-0.25, -0.2) is 4.98 Å². The molecule has 1 amide bonds. The van der Waals surface area contributed by atoms with Crippen molar-refractivity contribution in [1.82, 2.24) is 9.88 Å². The molecule has 1 aliphatic heterocycles. The molecule has 0 aliphatic carbocycles. The zero-order valence-electron chi connectivity index (χ0n) is 8.54. The van der Waals surface area contributed by atoms with Crippen LogP contribution >= 0.6 is 11.3 Å². The van der Waals surface area contributed by atoms with Crippen LogP contribution in [-0.2, 0) is 6.54 Å². The predicted molar refractivity (Wildman–Crippen MR) is 57.9 cm³/mol. The minimum absolute atomic E-state index is 0.148. The van der Waals surface area contributed by atoms with Crippen LogP contribution in [0.4, 0.5) is 0 Å². The minimum atomic E-state index is -0.864. The summed E-state index contributed by atoms with van der Waals surface area (Å²) < 4.78 is 0. The first-order chi connectivity index (χ1) is 7.61. The SMILES string of the molecule is NCc1nc(C(=O)N2CC(O)C(O)C2)cs1. The van der Waals surface area contributed by atoms with E-state index in [1.165, 1.54) is 16.2 Å². The number of carbonyl (C=O) groups excluding carboxylic acids is 1. The van der Waals surface area contributed by atoms with Crippen LogP contribution in [0, 0.1) is 0 Å². The van der Waals surface area contributed by atoms with Gasteiger partial charge in [-0.15, -0.1) is 11.3 Å². The van der Waals surface area contributed by atoms with Gasteiger partial charge < -0.3 is 20.8 Å². The van der Waals surface area contributed by atoms with Crippen molar-refractivity contribution >= 4 is 17.2 Å². The Kier molecular flexibility index (Phi) is 3.20. The Morgan fingerprint density at radius 3 is 2.69 bits per heavy atom. The summed E-state index contributed by atoms with van der Waals surface area (Å²) in [6.07, 6.45) is -1.73. The molecule has 1 aromatic heterocycles. The Balaban J connectivity index is 2.08. The molecule has 16 heavy (non-hydrogen) atoms. The third-order valence-electron chi connectivity index (χ3n) is 2.49. The zero-order chi connectivity index (χ0) is 11.7. The van der Waals surface area contributed by atoms with Crippen molar-refractivity contribution < 1.29 is 15.0 Å². The van der Waals surface area contributed by atoms with E-state index >= 15 is 0 Å². The van der Waals surface area contributed by atoms with Gasteiger partial charge in [-0.05, 0) is 0 Å². The summed E-state index contributed by atoms with van der Waals surface area (Å²) >= 11 is 1.33. The fourth-order valence-electron chi connectivity index (χ4n) is 1.60. The highest BCUT2D eigenvalue weighted by atomic mass is 32.1. The van der Waals surface area contributed by atoms with Crippen molar-refractivity contribution in [2.24, 2.45) is 5.73 Å². The fourth-order valence-corrected chi connectivity index (χ4v) is 2.25. The normalized spacial score (nSPS) is 25.1. The average molecular weight is 243 g/mol. The standard InChI is InChI=1S/C9H13N3O3S/c10-1-8-11-5(4-16-8)9(15)12-2-6(13)7(14)3-12/h4,6-7,13-14H,1-3,10H2. The fraction of sp³-hybridized carbons (Fsp3) is 0.556. The lowest BCUT2D eigenvalue weighted by atomic mass is 10.3. The van der Waals surface area contributed by atoms with Crippen molar-refractivity contribution in [1.29, 1.82) is 0 Å². The van der Waals surface area contributed by atoms with Crippen molar-refractivity contribution in [3.63, 3.8) is 0 Å². The van der Waals surface area contributed by atoms with Crippen molar-refractivity contribution in [3.8, 4) is 0 Å². The number of amides is 1. The molecule has 1 aliphatic rings. The van der Waals surface area contributed by atoms with E-state index in [0.29, 0.717) is 17.2 Å². The maximum absolute atomic E-state index is 11.9. The first-order valence-corrected chi connectivity index (χ1v) is 5.79. The Morgan fingerprint density at radius 1 is 1.56 bits per heavy atom. The van der Waals surface area contributed by atoms with Crippen LogP contribution in [0.5, 0.6) is 0 Å². The summed E-state index contributed by atoms with van der Waals surface area (Å²) in [6, 6.07) is 0. The topological polar surface area (TPSA) is 99.7 Å². The van der Waals surface area contributed by atoms with Crippen LogP contribution in [0.25, 0.3) is 0 Å². The number of aromatic nitrogens is 1. The van der Waals surface area contributed by atoms with E-state index in [9.17, 15) is 15.0 Å². The molecule has 0 radical (unpaired) electrons. The molecule has 0 aromatic carbocycles. The molecular formula is C9H13N3O3S. The van der Waals surface area contributed by atoms with Gasteiger partial charge in [-0.1, -0.05) is 0 Å². The summed E-state index contributed by atoms with van der Waals surface area (Å²) in [6.45, 7) is 0.605. The lowest BCUT2D eigenvalue weighted by molar-refractivity contribution is 0.0572. The zero-order valence-corrected chi connectivity index (χ0v) is 9.35. The molecule has 88 valence electrons. The number of nitrogens with two attached hydrogens (primary N) is 1. The van der Waals surface area contributed by atoms with Gasteiger partial charge >= 0.3 is 0 Å². The van der Waals surface area contributed by atoms with Crippen LogP contribution in [0.3, 0.4) is 0 Å². The van der Waals surface area contributed by atoms with Gasteiger partial charge in [0, 0.05) is 25.0 Å². The molecule has 0 saturated carbocycles. The predicted octanol–water partition coefficient (Wildman–Crippen LogP) is -1.22. The monoisotopic (exact) mass is 243 g/mol. The molecular weight excluding hydrogens is 230 g/mol. The van der Waals surface area contributed by atoms with E-state index in [0.717, 1.165) is 0 Å². The highest BCUT2D eigenvalue weighted by Crippen LogP contribution is 2.16. The number of carbonyl (C=O) groups is 1. The van der Waals surface area contributed by atoms with E-state index in [2.05, 4.69) is 4.98 Å². The van der Waals surface area contributed by atoms with E-state index in [-0.39, 0.29) is 19.0 Å². The van der Waals surface area contributed by atoms with Gasteiger partial charge in [0.1, 0.15) is 10.7 Å². The first-order valence-electron chi connectivity index (χ1n) is 4.91. The molecule has 2 rings (SSSR count). The van der Waals surface area contributed by atoms with Crippen LogP contribution in [0.1, 0.15) is 15.5 Å². The summed E-state index contributed by atoms with van der Waals surface area (Å²) in [5.41, 5.74) is 5.73. The summed E-state index contributed by atoms with van der Waals surface area (Å²) in [5.74, 6) is -0.272. The summed E-state index contributed by atoms with van der Waals surface area (Å²) in [7, 11) is 0. The van der Waals surface area contributed by atoms with E-state index < -0.39 is 12.2 Å². The lowest BCUT2D eigenvalue weighted by Crippen LogP contribution is -2.30. The highest BCUT2D eigenvalue weighted by molar-refractivity contribution is 7.09. The van der Waals surface area contributed by atoms with Gasteiger partial charge in [0.15, 0.2) is 0 Å². The summed E-state index contributed by atoms with van der Waals surface area (Å²) in [5, 5.41) is 21.0. The van der Waals surface area contributed by atoms with E-state index in [1.54, 1.807) is 5.38 Å². The Morgan fingerprint density at radius 2 is 2.19 bits per heavy atom. The molecule has 2 unspecified atom stereocenters. The second kappa shape index (κ2) is 4.46. The number of β-amino-alcohol motifs (C(OH)–C–C–N with tert-alkyl or cyclic N) is 2. The number of likely N-dealkylation sites (tertiary alicyclic amines) is 1. The molecule has 6 nitrogen and oxygen atoms in total. The molecule has 1 fully saturated rings. The van der Waals surface area contributed by atoms with Crippen LogP contribution in [0.15, 0.2) is 5.38 Å². The van der Waals surface area contributed by atoms with Crippen molar-refractivity contribution in [2.75, 3.05) is 13.1 Å². The largest absolute Gasteiger partial charge is 0.388 e. The second-order valence-corrected chi connectivity index (χ2v) is 4.62. The number of hydrogen-bond acceptors (Lipinski definition) is 6. The first kappa shape index (κ1) is 11.5. The van der Waals surface area contributed by atoms with Gasteiger partial charge in [-0.2, -0.15) is 0 Å². The molecule has 1 saturated heterocycles. The van der Waals surface area contributed by atoms with Crippen LogP contribution in [0.2, 0.25) is 0 Å². The third-order valence-corrected chi connectivity index (χ3v) is 3.36. The lowest BCUT2D eigenvalue weighted by Gasteiger charge is -2.13. The number of aliphatic hydroxyl groups is 2. The van der Waals surface area contributed by atoms with Crippen molar-refractivity contribution in [3.05, 3.63) is 16.1 Å². The molecule has 2 atom stereocenters. The minimum Gasteiger partial charge on any atom is -0.388 e. The molecule has 1 aromatic rings. The number of aliphatic hydroxyl groups excluding tert-OH is 2. The number of hydrogen-bond donors (Lipinski definition) is 3. The Bertz CT molecular complexity index is 385. The molecule has 7 heteroatoms. The number of rotatable bonds is 2. The maximum atomic E-state index is 11.9. The van der Waals surface area contributed by atoms with E-state index in [1.807, 2.05) is 0 Å². The second-order valence-electron chi connectivity index (χ2n) is 3.68. The van der Waals surface area contributed by atoms with Gasteiger partial charge in [0.25, 0.3) is 5.91 Å². The van der Waals surface area contributed by atoms with Crippen LogP contribution < -0.4 is 5.73 Å². The Hall–Kier alpha value is -1.02. The number of nitrogens with zero attached hydrogens (tertiary/aromatic N) is 2. The quantitative estimate of drug-likeness (QED) is 0.604. The van der Waals surface area contributed by atoms with Gasteiger partial charge in [0.2, 0.25) is 0 Å². The van der Waals surface area contributed by atoms with Gasteiger partial charge in [-0.3, -0.25) is 4.79 Å². The van der Waals surface area contributed by atoms with Gasteiger partial charge in [0.05, 0.1) is 12.2 Å². The van der Waals surface area contributed by atoms with Crippen molar-refractivity contribution in [2.45, 2.75) is 18.8 Å². The third kappa shape index (κ3) is 2.07. The molecule has 0 bridgehead atoms. The maximum Gasteiger partial charge on any atom is 0.273 e. The Labute approximate surface area is 96.3 Å². The number of thiazole rings is 1. The van der Waals surface area contributed by atoms with Crippen LogP contribution in [-0.4, -0.2) is 51.3 Å². The summed E-state index contributed by atoms with van der Waals surface area (Å²) in [4.78, 5) is 17.3. The molecule has 2 heterocycles. The molecule has 4 N–H and O–H groups in total. The molecule has 0 spiro atoms. The highest BCUT2D eigenvalue weighted by Gasteiger charge is 2.33. The smallest absolute Gasteiger partial charge is 0.273 e. The average Bonchev–Trinajstić information content (AvgIpc) is 2.86. The van der Waals surface area contributed by atoms with E-state index in [4.69, 9.17) is 5.73 Å².